The van der Waals surface area contributed by atoms with Crippen molar-refractivity contribution in [2.75, 3.05) is 9.80 Å². The molecule has 0 aliphatic rings. The van der Waals surface area contributed by atoms with E-state index in [1.807, 2.05) is 0 Å². The molecule has 57 heavy (non-hydrogen) atoms. The fraction of sp³-hybridized carbons (Fsp3) is 0.236. The molecule has 7 aromatic carbocycles. The van der Waals surface area contributed by atoms with Crippen LogP contribution in [0.15, 0.2) is 170 Å². The van der Waals surface area contributed by atoms with Gasteiger partial charge in [0.2, 0.25) is 0 Å². The van der Waals surface area contributed by atoms with Crippen LogP contribution >= 0.6 is 0 Å². The van der Waals surface area contributed by atoms with Crippen molar-refractivity contribution in [1.82, 2.24) is 0 Å². The van der Waals surface area contributed by atoms with Crippen molar-refractivity contribution in [3.05, 3.63) is 214 Å². The predicted octanol–water partition coefficient (Wildman–Crippen LogP) is 16.1. The van der Waals surface area contributed by atoms with Crippen LogP contribution in [0, 0.1) is 27.7 Å². The molecule has 0 spiro atoms. The zero-order valence-corrected chi connectivity index (χ0v) is 35.7. The van der Waals surface area contributed by atoms with Crippen molar-refractivity contribution in [3.8, 4) is 0 Å². The van der Waals surface area contributed by atoms with Gasteiger partial charge in [-0.2, -0.15) is 0 Å². The molecule has 7 rings (SSSR count). The second kappa shape index (κ2) is 17.9. The molecule has 0 bridgehead atoms. The molecular weight excluding hydrogens is 689 g/mol. The number of anilines is 6. The summed E-state index contributed by atoms with van der Waals surface area (Å²) in [5, 5.41) is 0. The molecule has 0 radical (unpaired) electrons. The lowest BCUT2D eigenvalue weighted by molar-refractivity contribution is 0.590. The van der Waals surface area contributed by atoms with Gasteiger partial charge < -0.3 is 9.80 Å². The summed E-state index contributed by atoms with van der Waals surface area (Å²) in [6.07, 6.45) is 0. The van der Waals surface area contributed by atoms with Gasteiger partial charge in [-0.25, -0.2) is 0 Å². The van der Waals surface area contributed by atoms with Crippen LogP contribution in [0.4, 0.5) is 34.1 Å². The van der Waals surface area contributed by atoms with Crippen LogP contribution in [-0.4, -0.2) is 0 Å². The van der Waals surface area contributed by atoms with Crippen LogP contribution in [0.1, 0.15) is 97.9 Å². The van der Waals surface area contributed by atoms with E-state index in [1.54, 1.807) is 0 Å². The number of benzene rings is 7. The van der Waals surface area contributed by atoms with Crippen molar-refractivity contribution >= 4 is 34.1 Å². The third kappa shape index (κ3) is 10.3. The second-order valence-corrected chi connectivity index (χ2v) is 16.9. The summed E-state index contributed by atoms with van der Waals surface area (Å²) in [6.45, 7) is 22.0. The summed E-state index contributed by atoms with van der Waals surface area (Å²) in [7, 11) is 0. The van der Waals surface area contributed by atoms with E-state index in [-0.39, 0.29) is 5.41 Å². The van der Waals surface area contributed by atoms with Crippen LogP contribution in [0.2, 0.25) is 0 Å². The predicted molar refractivity (Wildman–Crippen MR) is 248 cm³/mol. The Labute approximate surface area is 343 Å². The lowest BCUT2D eigenvalue weighted by Crippen LogP contribution is -2.13. The number of rotatable bonds is 9. The van der Waals surface area contributed by atoms with Gasteiger partial charge >= 0.3 is 0 Å². The van der Waals surface area contributed by atoms with Crippen LogP contribution in [0.25, 0.3) is 0 Å². The van der Waals surface area contributed by atoms with Gasteiger partial charge in [0.25, 0.3) is 0 Å². The highest BCUT2D eigenvalue weighted by molar-refractivity contribution is 5.78. The Morgan fingerprint density at radius 1 is 0.316 bits per heavy atom. The SMILES string of the molecule is Cc1ccc(N(c2ccc(C)cc2)c2ccc(C(C)(C)C)cc2)cc1.Cc1ccc(N(c2ccc(C)cc2)c2ccc(C(C)c3ccc(C(C)C)cc3)cc2)cc1. The van der Waals surface area contributed by atoms with Crippen LogP contribution in [-0.2, 0) is 5.41 Å². The van der Waals surface area contributed by atoms with Crippen molar-refractivity contribution < 1.29 is 0 Å². The molecule has 0 heterocycles. The maximum absolute atomic E-state index is 2.32. The highest BCUT2D eigenvalue weighted by Crippen LogP contribution is 2.38. The fourth-order valence-electron chi connectivity index (χ4n) is 7.05. The Morgan fingerprint density at radius 2 is 0.544 bits per heavy atom. The molecule has 290 valence electrons. The van der Waals surface area contributed by atoms with E-state index in [0.29, 0.717) is 11.8 Å². The standard InChI is InChI=1S/C31H33N.C24H27N/c1-22(2)26-10-12-27(13-11-26)25(5)28-14-20-31(21-15-28)32(29-16-6-23(3)7-17-29)30-18-8-24(4)9-19-30;1-18-6-12-21(13-7-18)25(22-14-8-19(2)9-15-22)23-16-10-20(11-17-23)24(3,4)5/h6-22,25H,1-5H3;6-17H,1-5H3. The van der Waals surface area contributed by atoms with E-state index in [4.69, 9.17) is 0 Å². The van der Waals surface area contributed by atoms with Gasteiger partial charge in [-0.1, -0.05) is 161 Å². The summed E-state index contributed by atoms with van der Waals surface area (Å²) in [6, 6.07) is 61.9. The first-order chi connectivity index (χ1) is 27.3. The molecule has 1 unspecified atom stereocenters. The molecule has 0 amide bonds. The largest absolute Gasteiger partial charge is 0.311 e. The van der Waals surface area contributed by atoms with E-state index in [1.165, 1.54) is 78.6 Å². The first-order valence-electron chi connectivity index (χ1n) is 20.4. The number of hydrogen-bond donors (Lipinski definition) is 0. The summed E-state index contributed by atoms with van der Waals surface area (Å²) in [4.78, 5) is 4.63. The monoisotopic (exact) mass is 748 g/mol. The average Bonchev–Trinajstić information content (AvgIpc) is 3.21. The van der Waals surface area contributed by atoms with E-state index in [0.717, 1.165) is 0 Å². The van der Waals surface area contributed by atoms with Crippen molar-refractivity contribution in [2.45, 2.75) is 86.5 Å². The summed E-state index contributed by atoms with van der Waals surface area (Å²) in [5.41, 5.74) is 17.7. The smallest absolute Gasteiger partial charge is 0.0461 e. The molecule has 7 aromatic rings. The van der Waals surface area contributed by atoms with Crippen LogP contribution in [0.5, 0.6) is 0 Å². The Kier molecular flexibility index (Phi) is 12.8. The number of aryl methyl sites for hydroxylation is 4. The third-order valence-electron chi connectivity index (χ3n) is 10.9. The molecular formula is C55H60N2. The normalized spacial score (nSPS) is 11.8. The van der Waals surface area contributed by atoms with E-state index < -0.39 is 0 Å². The minimum absolute atomic E-state index is 0.164. The molecule has 2 nitrogen and oxygen atoms in total. The van der Waals surface area contributed by atoms with Gasteiger partial charge in [-0.05, 0) is 134 Å². The minimum atomic E-state index is 0.164. The van der Waals surface area contributed by atoms with E-state index >= 15 is 0 Å². The van der Waals surface area contributed by atoms with Gasteiger partial charge in [0.15, 0.2) is 0 Å². The summed E-state index contributed by atoms with van der Waals surface area (Å²) < 4.78 is 0. The van der Waals surface area contributed by atoms with Crippen molar-refractivity contribution in [2.24, 2.45) is 0 Å². The first kappa shape index (κ1) is 40.8. The third-order valence-corrected chi connectivity index (χ3v) is 10.9. The Hall–Kier alpha value is -5.86. The quantitative estimate of drug-likeness (QED) is 0.145. The maximum Gasteiger partial charge on any atom is 0.0461 e. The van der Waals surface area contributed by atoms with Gasteiger partial charge in [-0.15, -0.1) is 0 Å². The Balaban J connectivity index is 0.000000199. The molecule has 0 saturated carbocycles. The molecule has 0 N–H and O–H groups in total. The Bertz CT molecular complexity index is 2200. The maximum atomic E-state index is 2.32. The molecule has 0 saturated heterocycles. The molecule has 2 heteroatoms. The lowest BCUT2D eigenvalue weighted by atomic mass is 9.87. The fourth-order valence-corrected chi connectivity index (χ4v) is 7.05. The number of nitrogens with zero attached hydrogens (tertiary/aromatic N) is 2. The first-order valence-corrected chi connectivity index (χ1v) is 20.4. The molecule has 0 aromatic heterocycles. The zero-order chi connectivity index (χ0) is 40.7. The second-order valence-electron chi connectivity index (χ2n) is 16.9. The molecule has 0 aliphatic carbocycles. The van der Waals surface area contributed by atoms with E-state index in [9.17, 15) is 0 Å². The van der Waals surface area contributed by atoms with Gasteiger partial charge in [0.1, 0.15) is 0 Å². The van der Waals surface area contributed by atoms with E-state index in [2.05, 4.69) is 249 Å². The van der Waals surface area contributed by atoms with Crippen molar-refractivity contribution in [1.29, 1.82) is 0 Å². The highest BCUT2D eigenvalue weighted by atomic mass is 15.1. The summed E-state index contributed by atoms with van der Waals surface area (Å²) in [5.74, 6) is 0.922. The highest BCUT2D eigenvalue weighted by Gasteiger charge is 2.17. The van der Waals surface area contributed by atoms with Gasteiger partial charge in [-0.3, -0.25) is 0 Å². The minimum Gasteiger partial charge on any atom is -0.311 e. The van der Waals surface area contributed by atoms with Crippen LogP contribution in [0.3, 0.4) is 0 Å². The molecule has 0 aliphatic heterocycles. The van der Waals surface area contributed by atoms with Crippen molar-refractivity contribution in [3.63, 3.8) is 0 Å². The van der Waals surface area contributed by atoms with Crippen LogP contribution < -0.4 is 9.80 Å². The number of hydrogen-bond acceptors (Lipinski definition) is 2. The lowest BCUT2D eigenvalue weighted by Gasteiger charge is -2.27. The van der Waals surface area contributed by atoms with Gasteiger partial charge in [0, 0.05) is 40.0 Å². The van der Waals surface area contributed by atoms with Gasteiger partial charge in [0.05, 0.1) is 0 Å². The molecule has 1 atom stereocenters. The average molecular weight is 749 g/mol. The molecule has 0 fully saturated rings. The zero-order valence-electron chi connectivity index (χ0n) is 35.7. The Morgan fingerprint density at radius 3 is 0.807 bits per heavy atom. The topological polar surface area (TPSA) is 6.48 Å². The summed E-state index contributed by atoms with van der Waals surface area (Å²) >= 11 is 0.